The molecule has 7 nitrogen and oxygen atoms in total. The lowest BCUT2D eigenvalue weighted by Crippen LogP contribution is -2.27. The Labute approximate surface area is 146 Å². The van der Waals surface area contributed by atoms with Crippen molar-refractivity contribution in [1.82, 2.24) is 14.9 Å². The number of carbonyl (C=O) groups is 1. The molecule has 2 aromatic heterocycles. The Morgan fingerprint density at radius 1 is 1.33 bits per heavy atom. The number of benzene rings is 1. The van der Waals surface area contributed by atoms with E-state index in [1.807, 2.05) is 24.4 Å². The number of pyridine rings is 1. The normalized spacial score (nSPS) is 10.4. The van der Waals surface area contributed by atoms with E-state index in [1.54, 1.807) is 6.07 Å². The molecular formula is C16H13BrN6O. The Bertz CT molecular complexity index is 927. The largest absolute Gasteiger partial charge is 0.350 e. The van der Waals surface area contributed by atoms with Crippen molar-refractivity contribution in [2.45, 2.75) is 6.54 Å². The number of carbonyl (C=O) groups excluding carboxylic acids is 1. The van der Waals surface area contributed by atoms with Crippen molar-refractivity contribution >= 4 is 38.6 Å². The first kappa shape index (κ1) is 16.0. The third-order valence-electron chi connectivity index (χ3n) is 3.53. The summed E-state index contributed by atoms with van der Waals surface area (Å²) in [5.41, 5.74) is 9.86. The van der Waals surface area contributed by atoms with Gasteiger partial charge in [-0.2, -0.15) is 0 Å². The summed E-state index contributed by atoms with van der Waals surface area (Å²) < 4.78 is 3.11. The molecule has 0 aliphatic carbocycles. The third-order valence-corrected chi connectivity index (χ3v) is 4.02. The predicted molar refractivity (Wildman–Crippen MR) is 95.0 cm³/mol. The molecule has 0 radical (unpaired) electrons. The van der Waals surface area contributed by atoms with E-state index in [4.69, 9.17) is 5.53 Å². The number of halogens is 1. The fourth-order valence-electron chi connectivity index (χ4n) is 2.37. The average molecular weight is 385 g/mol. The number of nitrogens with zero attached hydrogens (tertiary/aromatic N) is 5. The highest BCUT2D eigenvalue weighted by Gasteiger charge is 2.06. The molecule has 0 fully saturated rings. The zero-order chi connectivity index (χ0) is 16.9. The van der Waals surface area contributed by atoms with Gasteiger partial charge in [-0.05, 0) is 46.4 Å². The van der Waals surface area contributed by atoms with Crippen LogP contribution >= 0.6 is 15.9 Å². The molecule has 24 heavy (non-hydrogen) atoms. The minimum absolute atomic E-state index is 0.215. The number of nitrogens with one attached hydrogen (secondary N) is 1. The highest BCUT2D eigenvalue weighted by molar-refractivity contribution is 9.10. The van der Waals surface area contributed by atoms with E-state index in [-0.39, 0.29) is 11.7 Å². The topological polar surface area (TPSA) is 95.7 Å². The fraction of sp³-hybridized carbons (Fsp3) is 0.125. The second kappa shape index (κ2) is 7.16. The Hall–Kier alpha value is -2.83. The van der Waals surface area contributed by atoms with Crippen LogP contribution in [0, 0.1) is 0 Å². The summed E-state index contributed by atoms with van der Waals surface area (Å²) in [5.74, 6) is 0.0195. The number of azide groups is 1. The van der Waals surface area contributed by atoms with Gasteiger partial charge >= 0.3 is 0 Å². The number of hydrogen-bond acceptors (Lipinski definition) is 3. The molecule has 0 saturated heterocycles. The van der Waals surface area contributed by atoms with Crippen molar-refractivity contribution in [3.05, 3.63) is 69.3 Å². The fourth-order valence-corrected chi connectivity index (χ4v) is 2.72. The molecule has 0 aliphatic rings. The molecule has 1 aromatic carbocycles. The lowest BCUT2D eigenvalue weighted by molar-refractivity contribution is 0.0952. The van der Waals surface area contributed by atoms with Crippen molar-refractivity contribution in [1.29, 1.82) is 0 Å². The van der Waals surface area contributed by atoms with E-state index in [0.29, 0.717) is 18.7 Å². The van der Waals surface area contributed by atoms with Crippen LogP contribution in [0.25, 0.3) is 21.3 Å². The van der Waals surface area contributed by atoms with E-state index in [2.05, 4.69) is 46.9 Å². The molecule has 1 amide bonds. The van der Waals surface area contributed by atoms with E-state index in [1.165, 1.54) is 12.3 Å². The predicted octanol–water partition coefficient (Wildman–Crippen LogP) is 4.17. The summed E-state index contributed by atoms with van der Waals surface area (Å²) in [4.78, 5) is 18.6. The summed E-state index contributed by atoms with van der Waals surface area (Å²) in [6.07, 6.45) is 3.39. The Balaban J connectivity index is 1.61. The van der Waals surface area contributed by atoms with Gasteiger partial charge in [0.2, 0.25) is 0 Å². The van der Waals surface area contributed by atoms with E-state index >= 15 is 0 Å². The first-order valence-corrected chi connectivity index (χ1v) is 8.00. The van der Waals surface area contributed by atoms with E-state index in [9.17, 15) is 4.79 Å². The highest BCUT2D eigenvalue weighted by atomic mass is 79.9. The monoisotopic (exact) mass is 384 g/mol. The molecular weight excluding hydrogens is 372 g/mol. The Kier molecular flexibility index (Phi) is 4.79. The summed E-state index contributed by atoms with van der Waals surface area (Å²) in [6.45, 7) is 1.16. The number of amides is 1. The van der Waals surface area contributed by atoms with Gasteiger partial charge < -0.3 is 9.88 Å². The maximum absolute atomic E-state index is 12.1. The van der Waals surface area contributed by atoms with Crippen LogP contribution in [0.1, 0.15) is 10.4 Å². The van der Waals surface area contributed by atoms with Gasteiger partial charge in [0.15, 0.2) is 0 Å². The second-order valence-electron chi connectivity index (χ2n) is 5.06. The van der Waals surface area contributed by atoms with Crippen molar-refractivity contribution in [2.24, 2.45) is 5.11 Å². The number of rotatable bonds is 5. The van der Waals surface area contributed by atoms with Gasteiger partial charge in [0, 0.05) is 40.4 Å². The summed E-state index contributed by atoms with van der Waals surface area (Å²) >= 11 is 3.47. The number of fused-ring (bicyclic) bond motifs is 1. The second-order valence-corrected chi connectivity index (χ2v) is 5.98. The smallest absolute Gasteiger partial charge is 0.252 e. The Morgan fingerprint density at radius 2 is 2.21 bits per heavy atom. The molecule has 0 bridgehead atoms. The maximum Gasteiger partial charge on any atom is 0.252 e. The minimum Gasteiger partial charge on any atom is -0.350 e. The van der Waals surface area contributed by atoms with Crippen LogP contribution in [0.4, 0.5) is 5.82 Å². The van der Waals surface area contributed by atoms with Gasteiger partial charge in [-0.15, -0.1) is 0 Å². The molecule has 3 aromatic rings. The molecule has 120 valence electrons. The van der Waals surface area contributed by atoms with Crippen molar-refractivity contribution < 1.29 is 4.79 Å². The summed E-state index contributed by atoms with van der Waals surface area (Å²) in [5, 5.41) is 7.38. The lowest BCUT2D eigenvalue weighted by Gasteiger charge is -2.08. The van der Waals surface area contributed by atoms with Crippen molar-refractivity contribution in [3.8, 4) is 0 Å². The minimum atomic E-state index is -0.215. The zero-order valence-corrected chi connectivity index (χ0v) is 14.1. The molecule has 8 heteroatoms. The number of hydrogen-bond donors (Lipinski definition) is 1. The first-order chi connectivity index (χ1) is 11.7. The quantitative estimate of drug-likeness (QED) is 0.405. The van der Waals surface area contributed by atoms with E-state index in [0.717, 1.165) is 15.4 Å². The van der Waals surface area contributed by atoms with Crippen LogP contribution in [0.5, 0.6) is 0 Å². The van der Waals surface area contributed by atoms with Gasteiger partial charge in [0.05, 0.1) is 5.56 Å². The van der Waals surface area contributed by atoms with Gasteiger partial charge in [-0.1, -0.05) is 22.0 Å². The molecule has 0 aliphatic heterocycles. The third kappa shape index (κ3) is 3.56. The van der Waals surface area contributed by atoms with Crippen LogP contribution in [0.15, 0.2) is 58.4 Å². The van der Waals surface area contributed by atoms with Crippen LogP contribution in [-0.2, 0) is 6.54 Å². The molecule has 0 spiro atoms. The summed E-state index contributed by atoms with van der Waals surface area (Å²) in [6, 6.07) is 11.2. The molecule has 0 unspecified atom stereocenters. The van der Waals surface area contributed by atoms with Crippen LogP contribution in [0.2, 0.25) is 0 Å². The van der Waals surface area contributed by atoms with Crippen molar-refractivity contribution in [3.63, 3.8) is 0 Å². The average Bonchev–Trinajstić information content (AvgIpc) is 2.98. The SMILES string of the molecule is [N-]=[N+]=Nc1ccc(C(=O)NCCn2ccc3ccc(Br)cc32)cn1. The standard InChI is InChI=1S/C16H13BrN6O/c17-13-3-1-11-5-7-23(14(11)9-13)8-6-19-16(24)12-2-4-15(20-10-12)21-22-18/h1-5,7,9-10H,6,8H2,(H,19,24). The highest BCUT2D eigenvalue weighted by Crippen LogP contribution is 2.20. The van der Waals surface area contributed by atoms with Gasteiger partial charge in [0.25, 0.3) is 5.91 Å². The van der Waals surface area contributed by atoms with Crippen molar-refractivity contribution in [2.75, 3.05) is 6.54 Å². The maximum atomic E-state index is 12.1. The molecule has 0 saturated carbocycles. The van der Waals surface area contributed by atoms with Crippen LogP contribution in [-0.4, -0.2) is 22.0 Å². The van der Waals surface area contributed by atoms with E-state index < -0.39 is 0 Å². The Morgan fingerprint density at radius 3 is 2.96 bits per heavy atom. The summed E-state index contributed by atoms with van der Waals surface area (Å²) in [7, 11) is 0. The number of aromatic nitrogens is 2. The van der Waals surface area contributed by atoms with Gasteiger partial charge in [-0.3, -0.25) is 9.78 Å². The zero-order valence-electron chi connectivity index (χ0n) is 12.6. The molecule has 1 N–H and O–H groups in total. The molecule has 3 rings (SSSR count). The molecule has 0 atom stereocenters. The van der Waals surface area contributed by atoms with Crippen LogP contribution in [0.3, 0.4) is 0 Å². The van der Waals surface area contributed by atoms with Gasteiger partial charge in [0.1, 0.15) is 5.82 Å². The lowest BCUT2D eigenvalue weighted by atomic mass is 10.2. The molecule has 2 heterocycles. The van der Waals surface area contributed by atoms with Crippen LogP contribution < -0.4 is 5.32 Å². The first-order valence-electron chi connectivity index (χ1n) is 7.21. The van der Waals surface area contributed by atoms with Gasteiger partial charge in [-0.25, -0.2) is 0 Å².